The van der Waals surface area contributed by atoms with E-state index in [1.54, 1.807) is 4.31 Å². The number of piperazine rings is 1. The molecule has 2 aliphatic rings. The quantitative estimate of drug-likeness (QED) is 0.604. The number of nitrogens with one attached hydrogen (secondary N) is 1. The Bertz CT molecular complexity index is 783. The zero-order chi connectivity index (χ0) is 21.4. The number of nitrogens with zero attached hydrogens (tertiary/aromatic N) is 2. The van der Waals surface area contributed by atoms with E-state index in [-0.39, 0.29) is 11.7 Å². The van der Waals surface area contributed by atoms with Crippen LogP contribution < -0.4 is 10.2 Å². The fourth-order valence-corrected chi connectivity index (χ4v) is 6.05. The van der Waals surface area contributed by atoms with E-state index < -0.39 is 10.0 Å². The predicted molar refractivity (Wildman–Crippen MR) is 122 cm³/mol. The van der Waals surface area contributed by atoms with Crippen LogP contribution in [0, 0.1) is 12.8 Å². The van der Waals surface area contributed by atoms with E-state index in [1.165, 1.54) is 37.7 Å². The Morgan fingerprint density at radius 2 is 1.83 bits per heavy atom. The zero-order valence-corrected chi connectivity index (χ0v) is 19.1. The fraction of sp³-hybridized carbons (Fsp3) is 0.696. The van der Waals surface area contributed by atoms with Gasteiger partial charge in [-0.2, -0.15) is 4.31 Å². The van der Waals surface area contributed by atoms with Crippen molar-refractivity contribution in [3.63, 3.8) is 0 Å². The summed E-state index contributed by atoms with van der Waals surface area (Å²) in [5.74, 6) is 0.855. The molecule has 1 aliphatic carbocycles. The van der Waals surface area contributed by atoms with Crippen molar-refractivity contribution in [2.24, 2.45) is 5.92 Å². The second kappa shape index (κ2) is 11.1. The van der Waals surface area contributed by atoms with Crippen molar-refractivity contribution >= 4 is 21.6 Å². The van der Waals surface area contributed by atoms with Crippen LogP contribution in [0.2, 0.25) is 0 Å². The molecule has 3 rings (SSSR count). The average Bonchev–Trinajstić information content (AvgIpc) is 2.76. The van der Waals surface area contributed by atoms with Crippen LogP contribution in [-0.2, 0) is 14.8 Å². The third kappa shape index (κ3) is 6.98. The number of amides is 1. The lowest BCUT2D eigenvalue weighted by atomic mass is 9.86. The van der Waals surface area contributed by atoms with Crippen molar-refractivity contribution in [3.8, 4) is 0 Å². The summed E-state index contributed by atoms with van der Waals surface area (Å²) in [6, 6.07) is 8.32. The highest BCUT2D eigenvalue weighted by atomic mass is 32.2. The third-order valence-electron chi connectivity index (χ3n) is 6.40. The van der Waals surface area contributed by atoms with Gasteiger partial charge in [0.25, 0.3) is 0 Å². The Balaban J connectivity index is 1.33. The molecule has 1 heterocycles. The molecule has 0 bridgehead atoms. The van der Waals surface area contributed by atoms with Crippen molar-refractivity contribution in [1.29, 1.82) is 0 Å². The maximum atomic E-state index is 12.7. The minimum Gasteiger partial charge on any atom is -0.369 e. The summed E-state index contributed by atoms with van der Waals surface area (Å²) in [5, 5.41) is 2.90. The van der Waals surface area contributed by atoms with E-state index in [9.17, 15) is 13.2 Å². The lowest BCUT2D eigenvalue weighted by Gasteiger charge is -2.35. The molecule has 1 aromatic rings. The Morgan fingerprint density at radius 3 is 2.53 bits per heavy atom. The van der Waals surface area contributed by atoms with Crippen LogP contribution in [0.3, 0.4) is 0 Å². The molecular weight excluding hydrogens is 398 g/mol. The predicted octanol–water partition coefficient (Wildman–Crippen LogP) is 3.31. The smallest absolute Gasteiger partial charge is 0.220 e. The first-order chi connectivity index (χ1) is 14.4. The van der Waals surface area contributed by atoms with Crippen molar-refractivity contribution in [1.82, 2.24) is 9.62 Å². The van der Waals surface area contributed by atoms with Gasteiger partial charge in [0.05, 0.1) is 5.75 Å². The zero-order valence-electron chi connectivity index (χ0n) is 18.3. The monoisotopic (exact) mass is 435 g/mol. The van der Waals surface area contributed by atoms with Gasteiger partial charge in [0, 0.05) is 44.8 Å². The molecule has 6 nitrogen and oxygen atoms in total. The average molecular weight is 436 g/mol. The number of carbonyl (C=O) groups excluding carboxylic acids is 1. The van der Waals surface area contributed by atoms with Gasteiger partial charge in [0.15, 0.2) is 0 Å². The maximum Gasteiger partial charge on any atom is 0.220 e. The summed E-state index contributed by atoms with van der Waals surface area (Å²) in [6.45, 7) is 4.96. The van der Waals surface area contributed by atoms with Crippen LogP contribution in [0.4, 0.5) is 5.69 Å². The van der Waals surface area contributed by atoms with Crippen LogP contribution in [-0.4, -0.2) is 57.1 Å². The van der Waals surface area contributed by atoms with E-state index in [0.29, 0.717) is 51.5 Å². The van der Waals surface area contributed by atoms with Gasteiger partial charge >= 0.3 is 0 Å². The largest absolute Gasteiger partial charge is 0.369 e. The molecular formula is C23H37N3O3S. The SMILES string of the molecule is Cc1cccc(N2CCN(S(=O)(=O)CCCNC(=O)CCC3CCCCC3)CC2)c1. The number of rotatable bonds is 9. The van der Waals surface area contributed by atoms with E-state index >= 15 is 0 Å². The molecule has 1 saturated carbocycles. The van der Waals surface area contributed by atoms with E-state index in [0.717, 1.165) is 12.1 Å². The molecule has 1 amide bonds. The van der Waals surface area contributed by atoms with E-state index in [4.69, 9.17) is 0 Å². The summed E-state index contributed by atoms with van der Waals surface area (Å²) in [7, 11) is -3.27. The molecule has 1 aromatic carbocycles. The van der Waals surface area contributed by atoms with Gasteiger partial charge in [-0.05, 0) is 43.4 Å². The molecule has 168 valence electrons. The van der Waals surface area contributed by atoms with Crippen LogP contribution in [0.25, 0.3) is 0 Å². The number of benzene rings is 1. The van der Waals surface area contributed by atoms with Crippen molar-refractivity contribution in [3.05, 3.63) is 29.8 Å². The van der Waals surface area contributed by atoms with Crippen molar-refractivity contribution in [2.75, 3.05) is 43.4 Å². The molecule has 7 heteroatoms. The number of hydrogen-bond donors (Lipinski definition) is 1. The summed E-state index contributed by atoms with van der Waals surface area (Å²) in [4.78, 5) is 14.3. The van der Waals surface area contributed by atoms with Crippen LogP contribution >= 0.6 is 0 Å². The summed E-state index contributed by atoms with van der Waals surface area (Å²) in [6.07, 6.45) is 8.43. The first-order valence-corrected chi connectivity index (χ1v) is 13.1. The van der Waals surface area contributed by atoms with E-state index in [1.807, 2.05) is 6.07 Å². The standard InChI is InChI=1S/C23H37N3O3S/c1-20-7-5-10-22(19-20)25-14-16-26(17-15-25)30(28,29)18-6-13-24-23(27)12-11-21-8-3-2-4-9-21/h5,7,10,19,21H,2-4,6,8-9,11-18H2,1H3,(H,24,27). The summed E-state index contributed by atoms with van der Waals surface area (Å²) < 4.78 is 26.9. The van der Waals surface area contributed by atoms with Crippen LogP contribution in [0.5, 0.6) is 0 Å². The lowest BCUT2D eigenvalue weighted by Crippen LogP contribution is -2.49. The van der Waals surface area contributed by atoms with Crippen molar-refractivity contribution in [2.45, 2.75) is 58.3 Å². The maximum absolute atomic E-state index is 12.7. The van der Waals surface area contributed by atoms with Gasteiger partial charge in [-0.15, -0.1) is 0 Å². The van der Waals surface area contributed by atoms with E-state index in [2.05, 4.69) is 35.3 Å². The summed E-state index contributed by atoms with van der Waals surface area (Å²) >= 11 is 0. The molecule has 1 N–H and O–H groups in total. The molecule has 0 aromatic heterocycles. The highest BCUT2D eigenvalue weighted by Gasteiger charge is 2.26. The first-order valence-electron chi connectivity index (χ1n) is 11.5. The number of aryl methyl sites for hydroxylation is 1. The number of hydrogen-bond acceptors (Lipinski definition) is 4. The summed E-state index contributed by atoms with van der Waals surface area (Å²) in [5.41, 5.74) is 2.37. The fourth-order valence-electron chi connectivity index (χ4n) is 4.56. The molecule has 0 unspecified atom stereocenters. The van der Waals surface area contributed by atoms with Gasteiger partial charge in [-0.1, -0.05) is 44.2 Å². The number of anilines is 1. The second-order valence-electron chi connectivity index (χ2n) is 8.79. The molecule has 0 spiro atoms. The molecule has 30 heavy (non-hydrogen) atoms. The van der Waals surface area contributed by atoms with Gasteiger partial charge in [-0.25, -0.2) is 8.42 Å². The second-order valence-corrected chi connectivity index (χ2v) is 10.9. The Morgan fingerprint density at radius 1 is 1.10 bits per heavy atom. The van der Waals surface area contributed by atoms with Gasteiger partial charge in [0.2, 0.25) is 15.9 Å². The van der Waals surface area contributed by atoms with Crippen molar-refractivity contribution < 1.29 is 13.2 Å². The number of sulfonamides is 1. The Hall–Kier alpha value is -1.60. The molecule has 0 atom stereocenters. The highest BCUT2D eigenvalue weighted by molar-refractivity contribution is 7.89. The molecule has 2 fully saturated rings. The highest BCUT2D eigenvalue weighted by Crippen LogP contribution is 2.27. The minimum atomic E-state index is -3.27. The number of carbonyl (C=O) groups is 1. The van der Waals surface area contributed by atoms with Gasteiger partial charge < -0.3 is 10.2 Å². The molecule has 1 aliphatic heterocycles. The first kappa shape index (κ1) is 23.1. The Kier molecular flexibility index (Phi) is 8.57. The third-order valence-corrected chi connectivity index (χ3v) is 8.36. The van der Waals surface area contributed by atoms with Gasteiger partial charge in [-0.3, -0.25) is 4.79 Å². The normalized spacial score (nSPS) is 19.0. The van der Waals surface area contributed by atoms with Crippen LogP contribution in [0.15, 0.2) is 24.3 Å². The minimum absolute atomic E-state index is 0.0599. The lowest BCUT2D eigenvalue weighted by molar-refractivity contribution is -0.121. The van der Waals surface area contributed by atoms with Crippen LogP contribution in [0.1, 0.15) is 56.9 Å². The Labute approximate surface area is 182 Å². The molecule has 1 saturated heterocycles. The van der Waals surface area contributed by atoms with Gasteiger partial charge in [0.1, 0.15) is 0 Å². The topological polar surface area (TPSA) is 69.7 Å². The molecule has 0 radical (unpaired) electrons.